The SMILES string of the molecule is [2H]c1ccc(Br)c([2H])c1C=O. The van der Waals surface area contributed by atoms with Gasteiger partial charge in [-0.05, 0) is 12.1 Å². The van der Waals surface area contributed by atoms with E-state index in [1.54, 1.807) is 6.07 Å². The molecule has 0 aliphatic heterocycles. The summed E-state index contributed by atoms with van der Waals surface area (Å²) in [6, 6.07) is 3.23. The first-order valence-corrected chi connectivity index (χ1v) is 3.17. The highest BCUT2D eigenvalue weighted by atomic mass is 79.9. The fraction of sp³-hybridized carbons (Fsp3) is 0. The summed E-state index contributed by atoms with van der Waals surface area (Å²) in [4.78, 5) is 10.3. The van der Waals surface area contributed by atoms with Crippen molar-refractivity contribution in [1.82, 2.24) is 0 Å². The van der Waals surface area contributed by atoms with E-state index in [2.05, 4.69) is 15.9 Å². The van der Waals surface area contributed by atoms with Gasteiger partial charge in [-0.2, -0.15) is 0 Å². The third-order valence-corrected chi connectivity index (χ3v) is 1.30. The van der Waals surface area contributed by atoms with Crippen molar-refractivity contribution in [2.24, 2.45) is 0 Å². The van der Waals surface area contributed by atoms with Gasteiger partial charge in [-0.25, -0.2) is 0 Å². The molecule has 9 heavy (non-hydrogen) atoms. The van der Waals surface area contributed by atoms with E-state index < -0.39 is 0 Å². The molecule has 0 N–H and O–H groups in total. The van der Waals surface area contributed by atoms with Gasteiger partial charge in [-0.1, -0.05) is 28.0 Å². The Balaban J connectivity index is 3.40. The second-order valence-electron chi connectivity index (χ2n) is 1.48. The predicted octanol–water partition coefficient (Wildman–Crippen LogP) is 2.26. The Morgan fingerprint density at radius 3 is 3.11 bits per heavy atom. The predicted molar refractivity (Wildman–Crippen MR) is 39.5 cm³/mol. The lowest BCUT2D eigenvalue weighted by atomic mass is 10.2. The number of halogens is 1. The van der Waals surface area contributed by atoms with E-state index in [0.29, 0.717) is 10.8 Å². The second kappa shape index (κ2) is 2.78. The third-order valence-electron chi connectivity index (χ3n) is 0.840. The van der Waals surface area contributed by atoms with Gasteiger partial charge in [-0.15, -0.1) is 0 Å². The fourth-order valence-corrected chi connectivity index (χ4v) is 0.820. The summed E-state index contributed by atoms with van der Waals surface area (Å²) in [6.45, 7) is 0. The summed E-state index contributed by atoms with van der Waals surface area (Å²) in [5, 5.41) is 0. The van der Waals surface area contributed by atoms with Crippen LogP contribution in [0.4, 0.5) is 0 Å². The van der Waals surface area contributed by atoms with Crippen LogP contribution in [0.5, 0.6) is 0 Å². The number of carbonyl (C=O) groups excluding carboxylic acids is 1. The van der Waals surface area contributed by atoms with Crippen LogP contribution in [-0.2, 0) is 0 Å². The third kappa shape index (κ3) is 1.64. The molecule has 1 aromatic rings. The average Bonchev–Trinajstić information content (AvgIpc) is 1.99. The van der Waals surface area contributed by atoms with E-state index in [1.807, 2.05) is 0 Å². The summed E-state index contributed by atoms with van der Waals surface area (Å²) in [5.74, 6) is 0. The number of hydrogen-bond donors (Lipinski definition) is 0. The molecule has 0 heterocycles. The molecule has 0 fully saturated rings. The van der Waals surface area contributed by atoms with Crippen molar-refractivity contribution in [3.8, 4) is 0 Å². The molecule has 46 valence electrons. The van der Waals surface area contributed by atoms with E-state index in [1.165, 1.54) is 6.07 Å². The van der Waals surface area contributed by atoms with Crippen LogP contribution in [0.1, 0.15) is 13.1 Å². The number of hydrogen-bond acceptors (Lipinski definition) is 1. The van der Waals surface area contributed by atoms with Crippen molar-refractivity contribution in [2.75, 3.05) is 0 Å². The monoisotopic (exact) mass is 186 g/mol. The Bertz CT molecular complexity index is 299. The first-order valence-electron chi connectivity index (χ1n) is 3.37. The quantitative estimate of drug-likeness (QED) is 0.616. The van der Waals surface area contributed by atoms with Gasteiger partial charge < -0.3 is 0 Å². The standard InChI is InChI=1S/C7H5BrO/c8-7-3-1-2-6(4-7)5-9/h1-5H/i2D,4D. The summed E-state index contributed by atoms with van der Waals surface area (Å²) in [7, 11) is 0. The normalized spacial score (nSPS) is 12.1. The van der Waals surface area contributed by atoms with Gasteiger partial charge in [0.1, 0.15) is 6.29 Å². The lowest BCUT2D eigenvalue weighted by molar-refractivity contribution is 0.112. The molecule has 0 bridgehead atoms. The molecule has 1 rings (SSSR count). The van der Waals surface area contributed by atoms with E-state index >= 15 is 0 Å². The Hall–Kier alpha value is -0.630. The van der Waals surface area contributed by atoms with E-state index in [-0.39, 0.29) is 17.6 Å². The van der Waals surface area contributed by atoms with Crippen LogP contribution < -0.4 is 0 Å². The number of carbonyl (C=O) groups is 1. The van der Waals surface area contributed by atoms with E-state index in [0.717, 1.165) is 0 Å². The zero-order valence-electron chi connectivity index (χ0n) is 6.52. The molecule has 0 radical (unpaired) electrons. The number of benzene rings is 1. The molecule has 1 nitrogen and oxygen atoms in total. The summed E-state index contributed by atoms with van der Waals surface area (Å²) in [5.41, 5.74) is 0.124. The van der Waals surface area contributed by atoms with Crippen molar-refractivity contribution in [1.29, 1.82) is 0 Å². The molecule has 0 aliphatic carbocycles. The molecule has 0 aromatic heterocycles. The van der Waals surface area contributed by atoms with Crippen LogP contribution in [0.25, 0.3) is 0 Å². The Morgan fingerprint density at radius 2 is 2.56 bits per heavy atom. The molecule has 2 heteroatoms. The highest BCUT2D eigenvalue weighted by molar-refractivity contribution is 9.10. The molecule has 0 amide bonds. The van der Waals surface area contributed by atoms with Gasteiger partial charge >= 0.3 is 0 Å². The van der Waals surface area contributed by atoms with Gasteiger partial charge in [0.05, 0.1) is 2.74 Å². The molecule has 0 spiro atoms. The van der Waals surface area contributed by atoms with Gasteiger partial charge in [0, 0.05) is 10.0 Å². The molecular formula is C7H5BrO. The maximum absolute atomic E-state index is 10.3. The largest absolute Gasteiger partial charge is 0.298 e. The van der Waals surface area contributed by atoms with Crippen LogP contribution in [0.2, 0.25) is 0 Å². The Kier molecular flexibility index (Phi) is 1.31. The van der Waals surface area contributed by atoms with Gasteiger partial charge in [0.15, 0.2) is 0 Å². The van der Waals surface area contributed by atoms with Crippen molar-refractivity contribution in [2.45, 2.75) is 0 Å². The van der Waals surface area contributed by atoms with Crippen LogP contribution >= 0.6 is 15.9 Å². The molecular weight excluding hydrogens is 180 g/mol. The van der Waals surface area contributed by atoms with Crippen molar-refractivity contribution in [3.05, 3.63) is 34.3 Å². The molecule has 0 atom stereocenters. The summed E-state index contributed by atoms with van der Waals surface area (Å²) >= 11 is 3.09. The fourth-order valence-electron chi connectivity index (χ4n) is 0.474. The molecule has 0 saturated heterocycles. The highest BCUT2D eigenvalue weighted by Crippen LogP contribution is 2.09. The molecule has 0 saturated carbocycles. The van der Waals surface area contributed by atoms with E-state index in [9.17, 15) is 4.79 Å². The first-order chi connectivity index (χ1) is 5.16. The van der Waals surface area contributed by atoms with E-state index in [4.69, 9.17) is 2.74 Å². The van der Waals surface area contributed by atoms with Crippen molar-refractivity contribution in [3.63, 3.8) is 0 Å². The van der Waals surface area contributed by atoms with Crippen LogP contribution in [0, 0.1) is 0 Å². The van der Waals surface area contributed by atoms with Crippen LogP contribution in [0.3, 0.4) is 0 Å². The maximum atomic E-state index is 10.3. The van der Waals surface area contributed by atoms with Crippen molar-refractivity contribution < 1.29 is 7.54 Å². The smallest absolute Gasteiger partial charge is 0.150 e. The molecule has 1 aromatic carbocycles. The summed E-state index contributed by atoms with van der Waals surface area (Å²) < 4.78 is 15.1. The zero-order chi connectivity index (χ0) is 8.43. The zero-order valence-corrected chi connectivity index (χ0v) is 6.10. The first kappa shape index (κ1) is 4.23. The van der Waals surface area contributed by atoms with Gasteiger partial charge in [0.2, 0.25) is 0 Å². The lowest BCUT2D eigenvalue weighted by Gasteiger charge is -1.88. The van der Waals surface area contributed by atoms with Gasteiger partial charge in [-0.3, -0.25) is 4.79 Å². The summed E-state index contributed by atoms with van der Waals surface area (Å²) in [6.07, 6.45) is 0.523. The highest BCUT2D eigenvalue weighted by Gasteiger charge is 1.87. The number of rotatable bonds is 1. The van der Waals surface area contributed by atoms with Gasteiger partial charge in [0.25, 0.3) is 0 Å². The Labute approximate surface area is 64.6 Å². The van der Waals surface area contributed by atoms with Crippen LogP contribution in [-0.4, -0.2) is 6.29 Å². The molecule has 0 unspecified atom stereocenters. The van der Waals surface area contributed by atoms with Crippen LogP contribution in [0.15, 0.2) is 28.7 Å². The van der Waals surface area contributed by atoms with Crippen molar-refractivity contribution >= 4 is 22.2 Å². The average molecular weight is 187 g/mol. The minimum atomic E-state index is 0.0764. The minimum Gasteiger partial charge on any atom is -0.298 e. The second-order valence-corrected chi connectivity index (χ2v) is 2.34. The maximum Gasteiger partial charge on any atom is 0.150 e. The number of aldehydes is 1. The topological polar surface area (TPSA) is 17.1 Å². The minimum absolute atomic E-state index is 0.0764. The molecule has 0 aliphatic rings. The lowest BCUT2D eigenvalue weighted by Crippen LogP contribution is -1.75. The Morgan fingerprint density at radius 1 is 1.78 bits per heavy atom.